The van der Waals surface area contributed by atoms with Gasteiger partial charge in [0, 0.05) is 29.5 Å². The highest BCUT2D eigenvalue weighted by molar-refractivity contribution is 6.12. The number of benzene rings is 2. The van der Waals surface area contributed by atoms with Crippen LogP contribution in [0.1, 0.15) is 21.6 Å². The van der Waals surface area contributed by atoms with E-state index in [-0.39, 0.29) is 11.3 Å². The number of amides is 1. The summed E-state index contributed by atoms with van der Waals surface area (Å²) in [5, 5.41) is 14.9. The molecular formula is C19H14N4O3. The molecule has 1 heterocycles. The van der Waals surface area contributed by atoms with Crippen LogP contribution in [0.25, 0.3) is 0 Å². The molecule has 0 fully saturated rings. The number of aromatic nitrogens is 1. The third-order valence-electron chi connectivity index (χ3n) is 3.56. The summed E-state index contributed by atoms with van der Waals surface area (Å²) in [6, 6.07) is 20.1. The molecule has 0 aliphatic heterocycles. The predicted octanol–water partition coefficient (Wildman–Crippen LogP) is 3.17. The molecule has 0 bridgehead atoms. The van der Waals surface area contributed by atoms with E-state index < -0.39 is 10.8 Å². The molecule has 128 valence electrons. The second kappa shape index (κ2) is 7.80. The number of rotatable bonds is 5. The number of nitrogens with one attached hydrogen (secondary N) is 1. The van der Waals surface area contributed by atoms with Gasteiger partial charge in [-0.2, -0.15) is 5.10 Å². The van der Waals surface area contributed by atoms with Crippen LogP contribution in [0.4, 0.5) is 5.69 Å². The third kappa shape index (κ3) is 3.96. The first-order chi connectivity index (χ1) is 12.6. The first-order valence-electron chi connectivity index (χ1n) is 7.74. The highest BCUT2D eigenvalue weighted by Crippen LogP contribution is 2.12. The van der Waals surface area contributed by atoms with Crippen molar-refractivity contribution in [1.82, 2.24) is 10.4 Å². The second-order valence-corrected chi connectivity index (χ2v) is 5.29. The molecule has 1 amide bonds. The number of carbonyl (C=O) groups is 1. The summed E-state index contributed by atoms with van der Waals surface area (Å²) in [6.07, 6.45) is 1.64. The van der Waals surface area contributed by atoms with E-state index in [0.29, 0.717) is 11.4 Å². The van der Waals surface area contributed by atoms with Crippen molar-refractivity contribution >= 4 is 17.3 Å². The van der Waals surface area contributed by atoms with E-state index in [4.69, 9.17) is 0 Å². The minimum Gasteiger partial charge on any atom is -0.267 e. The van der Waals surface area contributed by atoms with Crippen molar-refractivity contribution in [3.05, 3.63) is 106 Å². The van der Waals surface area contributed by atoms with Crippen molar-refractivity contribution in [2.24, 2.45) is 5.10 Å². The van der Waals surface area contributed by atoms with E-state index in [9.17, 15) is 14.9 Å². The van der Waals surface area contributed by atoms with E-state index >= 15 is 0 Å². The number of nitro benzene ring substituents is 1. The maximum Gasteiger partial charge on any atom is 0.271 e. The SMILES string of the molecule is O=C(NN=C(c1ccccc1)c1ccccn1)c1ccc([N+](=O)[O-])cc1. The number of pyridine rings is 1. The highest BCUT2D eigenvalue weighted by Gasteiger charge is 2.11. The molecule has 3 rings (SSSR count). The maximum atomic E-state index is 12.3. The molecule has 1 N–H and O–H groups in total. The average molecular weight is 346 g/mol. The maximum absolute atomic E-state index is 12.3. The molecule has 7 nitrogen and oxygen atoms in total. The van der Waals surface area contributed by atoms with Crippen molar-refractivity contribution in [2.75, 3.05) is 0 Å². The molecule has 26 heavy (non-hydrogen) atoms. The van der Waals surface area contributed by atoms with Gasteiger partial charge in [0.15, 0.2) is 0 Å². The number of non-ortho nitro benzene ring substituents is 1. The summed E-state index contributed by atoms with van der Waals surface area (Å²) in [7, 11) is 0. The van der Waals surface area contributed by atoms with Crippen molar-refractivity contribution in [3.8, 4) is 0 Å². The lowest BCUT2D eigenvalue weighted by molar-refractivity contribution is -0.384. The Bertz CT molecular complexity index is 898. The van der Waals surface area contributed by atoms with Gasteiger partial charge in [-0.3, -0.25) is 19.9 Å². The fourth-order valence-electron chi connectivity index (χ4n) is 2.27. The number of hydrogen-bond donors (Lipinski definition) is 1. The van der Waals surface area contributed by atoms with Crippen LogP contribution in [0.15, 0.2) is 84.1 Å². The van der Waals surface area contributed by atoms with Gasteiger partial charge >= 0.3 is 0 Å². The van der Waals surface area contributed by atoms with E-state index in [1.54, 1.807) is 18.3 Å². The van der Waals surface area contributed by atoms with Gasteiger partial charge in [-0.25, -0.2) is 5.43 Å². The van der Waals surface area contributed by atoms with E-state index in [0.717, 1.165) is 5.56 Å². The van der Waals surface area contributed by atoms with Crippen LogP contribution in [-0.2, 0) is 0 Å². The molecule has 0 spiro atoms. The van der Waals surface area contributed by atoms with Gasteiger partial charge in [0.25, 0.3) is 11.6 Å². The van der Waals surface area contributed by atoms with Gasteiger partial charge in [0.2, 0.25) is 0 Å². The summed E-state index contributed by atoms with van der Waals surface area (Å²) in [6.45, 7) is 0. The van der Waals surface area contributed by atoms with Crippen molar-refractivity contribution in [2.45, 2.75) is 0 Å². The Labute approximate surface area is 149 Å². The summed E-state index contributed by atoms with van der Waals surface area (Å²) >= 11 is 0. The Balaban J connectivity index is 1.86. The summed E-state index contributed by atoms with van der Waals surface area (Å²) in [4.78, 5) is 26.7. The van der Waals surface area contributed by atoms with E-state index in [1.165, 1.54) is 24.3 Å². The van der Waals surface area contributed by atoms with Crippen molar-refractivity contribution in [3.63, 3.8) is 0 Å². The molecule has 0 saturated heterocycles. The standard InChI is InChI=1S/C19H14N4O3/c24-19(15-9-11-16(12-10-15)23(25)26)22-21-18(14-6-2-1-3-7-14)17-8-4-5-13-20-17/h1-13H,(H,22,24). The summed E-state index contributed by atoms with van der Waals surface area (Å²) in [5.41, 5.74) is 4.60. The number of hydrazone groups is 1. The van der Waals surface area contributed by atoms with E-state index in [2.05, 4.69) is 15.5 Å². The van der Waals surface area contributed by atoms with Crippen LogP contribution in [0.3, 0.4) is 0 Å². The smallest absolute Gasteiger partial charge is 0.267 e. The number of carbonyl (C=O) groups excluding carboxylic acids is 1. The Morgan fingerprint density at radius 1 is 0.923 bits per heavy atom. The largest absolute Gasteiger partial charge is 0.271 e. The normalized spacial score (nSPS) is 11.0. The van der Waals surface area contributed by atoms with Crippen LogP contribution in [-0.4, -0.2) is 21.5 Å². The van der Waals surface area contributed by atoms with Crippen LogP contribution in [0.5, 0.6) is 0 Å². The fourth-order valence-corrected chi connectivity index (χ4v) is 2.27. The summed E-state index contributed by atoms with van der Waals surface area (Å²) < 4.78 is 0. The van der Waals surface area contributed by atoms with Crippen LogP contribution in [0.2, 0.25) is 0 Å². The molecule has 0 aliphatic rings. The van der Waals surface area contributed by atoms with Crippen LogP contribution < -0.4 is 5.43 Å². The van der Waals surface area contributed by atoms with E-state index in [1.807, 2.05) is 36.4 Å². The molecule has 0 saturated carbocycles. The highest BCUT2D eigenvalue weighted by atomic mass is 16.6. The Kier molecular flexibility index (Phi) is 5.09. The summed E-state index contributed by atoms with van der Waals surface area (Å²) in [5.74, 6) is -0.468. The number of nitro groups is 1. The molecule has 2 aromatic carbocycles. The molecular weight excluding hydrogens is 332 g/mol. The fraction of sp³-hybridized carbons (Fsp3) is 0. The second-order valence-electron chi connectivity index (χ2n) is 5.29. The average Bonchev–Trinajstić information content (AvgIpc) is 2.69. The zero-order valence-corrected chi connectivity index (χ0v) is 13.6. The van der Waals surface area contributed by atoms with Crippen molar-refractivity contribution < 1.29 is 9.72 Å². The molecule has 3 aromatic rings. The predicted molar refractivity (Wildman–Crippen MR) is 96.9 cm³/mol. The minimum atomic E-state index is -0.519. The Morgan fingerprint density at radius 2 is 1.62 bits per heavy atom. The first-order valence-corrected chi connectivity index (χ1v) is 7.74. The molecule has 0 aliphatic carbocycles. The third-order valence-corrected chi connectivity index (χ3v) is 3.56. The van der Waals surface area contributed by atoms with Gasteiger partial charge in [-0.15, -0.1) is 0 Å². The molecule has 1 aromatic heterocycles. The molecule has 0 unspecified atom stereocenters. The number of nitrogens with zero attached hydrogens (tertiary/aromatic N) is 3. The monoisotopic (exact) mass is 346 g/mol. The lowest BCUT2D eigenvalue weighted by Crippen LogP contribution is -2.21. The van der Waals surface area contributed by atoms with Crippen LogP contribution in [0, 0.1) is 10.1 Å². The molecule has 0 atom stereocenters. The van der Waals surface area contributed by atoms with Gasteiger partial charge in [0.1, 0.15) is 5.71 Å². The lowest BCUT2D eigenvalue weighted by Gasteiger charge is -2.07. The van der Waals surface area contributed by atoms with Gasteiger partial charge in [-0.05, 0) is 24.3 Å². The topological polar surface area (TPSA) is 97.5 Å². The zero-order valence-electron chi connectivity index (χ0n) is 13.6. The first kappa shape index (κ1) is 17.0. The molecule has 0 radical (unpaired) electrons. The van der Waals surface area contributed by atoms with Gasteiger partial charge in [0.05, 0.1) is 10.6 Å². The van der Waals surface area contributed by atoms with Gasteiger partial charge in [-0.1, -0.05) is 36.4 Å². The minimum absolute atomic E-state index is 0.0801. The Morgan fingerprint density at radius 3 is 2.23 bits per heavy atom. The molecule has 7 heteroatoms. The lowest BCUT2D eigenvalue weighted by atomic mass is 10.1. The van der Waals surface area contributed by atoms with Crippen LogP contribution >= 0.6 is 0 Å². The zero-order chi connectivity index (χ0) is 18.4. The van der Waals surface area contributed by atoms with Crippen molar-refractivity contribution in [1.29, 1.82) is 0 Å². The Hall–Kier alpha value is -3.87. The quantitative estimate of drug-likeness (QED) is 0.436. The number of hydrogen-bond acceptors (Lipinski definition) is 5. The van der Waals surface area contributed by atoms with Gasteiger partial charge < -0.3 is 0 Å².